The van der Waals surface area contributed by atoms with Crippen molar-refractivity contribution in [1.82, 2.24) is 15.1 Å². The third-order valence-electron chi connectivity index (χ3n) is 3.29. The summed E-state index contributed by atoms with van der Waals surface area (Å²) in [7, 11) is 1.74. The molecule has 1 atom stereocenters. The lowest BCUT2D eigenvalue weighted by molar-refractivity contribution is -0.117. The summed E-state index contributed by atoms with van der Waals surface area (Å²) in [5, 5.41) is 9.84. The van der Waals surface area contributed by atoms with Gasteiger partial charge in [0.1, 0.15) is 6.04 Å². The van der Waals surface area contributed by atoms with Crippen LogP contribution >= 0.6 is 0 Å². The quantitative estimate of drug-likeness (QED) is 0.741. The van der Waals surface area contributed by atoms with Crippen LogP contribution in [0.3, 0.4) is 0 Å². The van der Waals surface area contributed by atoms with E-state index in [0.717, 1.165) is 16.9 Å². The normalized spacial score (nSPS) is 16.9. The Morgan fingerprint density at radius 3 is 2.95 bits per heavy atom. The maximum atomic E-state index is 11.7. The van der Waals surface area contributed by atoms with Gasteiger partial charge in [0.05, 0.1) is 17.4 Å². The second-order valence-electron chi connectivity index (χ2n) is 4.52. The van der Waals surface area contributed by atoms with E-state index in [4.69, 9.17) is 5.73 Å². The average Bonchev–Trinajstić information content (AvgIpc) is 3.00. The van der Waals surface area contributed by atoms with Crippen LogP contribution in [0.4, 0.5) is 5.69 Å². The molecule has 1 unspecified atom stereocenters. The van der Waals surface area contributed by atoms with Crippen LogP contribution in [0, 0.1) is 0 Å². The Labute approximate surface area is 114 Å². The number of primary amides is 1. The Balaban J connectivity index is 1.99. The molecule has 7 heteroatoms. The molecule has 1 aromatic heterocycles. The first-order valence-corrected chi connectivity index (χ1v) is 6.07. The number of amides is 2. The SMILES string of the molecule is CNC1C(=O)Nc2cc(-n3cc(C(N)=O)cn3)ccc21. The fraction of sp³-hybridized carbons (Fsp3) is 0.154. The van der Waals surface area contributed by atoms with Gasteiger partial charge in [-0.1, -0.05) is 6.07 Å². The zero-order valence-electron chi connectivity index (χ0n) is 10.8. The Morgan fingerprint density at radius 1 is 1.50 bits per heavy atom. The van der Waals surface area contributed by atoms with E-state index >= 15 is 0 Å². The van der Waals surface area contributed by atoms with Gasteiger partial charge in [0.2, 0.25) is 5.91 Å². The Kier molecular flexibility index (Phi) is 2.76. The highest BCUT2D eigenvalue weighted by molar-refractivity contribution is 6.02. The number of nitrogens with zero attached hydrogens (tertiary/aromatic N) is 2. The van der Waals surface area contributed by atoms with Crippen molar-refractivity contribution in [1.29, 1.82) is 0 Å². The van der Waals surface area contributed by atoms with E-state index in [1.165, 1.54) is 6.20 Å². The maximum Gasteiger partial charge on any atom is 0.251 e. The second kappa shape index (κ2) is 4.46. The number of anilines is 1. The summed E-state index contributed by atoms with van der Waals surface area (Å²) in [5.74, 6) is -0.612. The summed E-state index contributed by atoms with van der Waals surface area (Å²) >= 11 is 0. The molecule has 0 radical (unpaired) electrons. The van der Waals surface area contributed by atoms with Crippen molar-refractivity contribution in [2.24, 2.45) is 5.73 Å². The van der Waals surface area contributed by atoms with E-state index < -0.39 is 5.91 Å². The van der Waals surface area contributed by atoms with Crippen molar-refractivity contribution in [2.75, 3.05) is 12.4 Å². The molecule has 4 N–H and O–H groups in total. The molecule has 1 aliphatic rings. The zero-order chi connectivity index (χ0) is 14.3. The zero-order valence-corrected chi connectivity index (χ0v) is 10.8. The van der Waals surface area contributed by atoms with Gasteiger partial charge in [-0.15, -0.1) is 0 Å². The van der Waals surface area contributed by atoms with Gasteiger partial charge < -0.3 is 16.4 Å². The predicted molar refractivity (Wildman–Crippen MR) is 72.5 cm³/mol. The average molecular weight is 271 g/mol. The van der Waals surface area contributed by atoms with E-state index in [-0.39, 0.29) is 11.9 Å². The minimum atomic E-state index is -0.527. The van der Waals surface area contributed by atoms with E-state index in [2.05, 4.69) is 15.7 Å². The molecule has 0 saturated carbocycles. The molecule has 102 valence electrons. The highest BCUT2D eigenvalue weighted by Gasteiger charge is 2.29. The molecule has 0 fully saturated rings. The molecule has 0 spiro atoms. The monoisotopic (exact) mass is 271 g/mol. The van der Waals surface area contributed by atoms with Gasteiger partial charge in [-0.3, -0.25) is 9.59 Å². The van der Waals surface area contributed by atoms with Gasteiger partial charge in [0.15, 0.2) is 0 Å². The molecule has 0 bridgehead atoms. The fourth-order valence-corrected chi connectivity index (χ4v) is 2.27. The summed E-state index contributed by atoms with van der Waals surface area (Å²) < 4.78 is 1.54. The largest absolute Gasteiger partial charge is 0.366 e. The van der Waals surface area contributed by atoms with Crippen LogP contribution in [-0.2, 0) is 4.79 Å². The van der Waals surface area contributed by atoms with Gasteiger partial charge in [-0.25, -0.2) is 4.68 Å². The van der Waals surface area contributed by atoms with E-state index in [9.17, 15) is 9.59 Å². The molecule has 3 rings (SSSR count). The topological polar surface area (TPSA) is 102 Å². The highest BCUT2D eigenvalue weighted by atomic mass is 16.2. The number of hydrogen-bond acceptors (Lipinski definition) is 4. The summed E-state index contributed by atoms with van der Waals surface area (Å²) in [5.41, 5.74) is 7.90. The van der Waals surface area contributed by atoms with Crippen molar-refractivity contribution in [3.63, 3.8) is 0 Å². The number of hydrogen-bond donors (Lipinski definition) is 3. The highest BCUT2D eigenvalue weighted by Crippen LogP contribution is 2.32. The van der Waals surface area contributed by atoms with Gasteiger partial charge >= 0.3 is 0 Å². The summed E-state index contributed by atoms with van der Waals surface area (Å²) in [6.45, 7) is 0. The molecule has 2 aromatic rings. The van der Waals surface area contributed by atoms with Gasteiger partial charge in [-0.05, 0) is 19.2 Å². The number of likely N-dealkylation sites (N-methyl/N-ethyl adjacent to an activating group) is 1. The first-order valence-electron chi connectivity index (χ1n) is 6.07. The van der Waals surface area contributed by atoms with Crippen molar-refractivity contribution in [3.8, 4) is 5.69 Å². The molecule has 0 saturated heterocycles. The van der Waals surface area contributed by atoms with Crippen LogP contribution in [0.5, 0.6) is 0 Å². The minimum absolute atomic E-state index is 0.0852. The smallest absolute Gasteiger partial charge is 0.251 e. The molecule has 7 nitrogen and oxygen atoms in total. The number of nitrogens with two attached hydrogens (primary N) is 1. The lowest BCUT2D eigenvalue weighted by atomic mass is 10.1. The van der Waals surface area contributed by atoms with Crippen LogP contribution in [-0.4, -0.2) is 28.6 Å². The van der Waals surface area contributed by atoms with Crippen LogP contribution < -0.4 is 16.4 Å². The first kappa shape index (κ1) is 12.4. The number of aromatic nitrogens is 2. The van der Waals surface area contributed by atoms with E-state index in [1.807, 2.05) is 18.2 Å². The molecule has 1 aliphatic heterocycles. The van der Waals surface area contributed by atoms with Gasteiger partial charge in [-0.2, -0.15) is 5.10 Å². The molecule has 2 heterocycles. The molecule has 0 aliphatic carbocycles. The van der Waals surface area contributed by atoms with Crippen molar-refractivity contribution in [2.45, 2.75) is 6.04 Å². The van der Waals surface area contributed by atoms with Crippen molar-refractivity contribution >= 4 is 17.5 Å². The number of carbonyl (C=O) groups is 2. The predicted octanol–water partition coefficient (Wildman–Crippen LogP) is 0.184. The summed E-state index contributed by atoms with van der Waals surface area (Å²) in [6.07, 6.45) is 2.96. The van der Waals surface area contributed by atoms with Crippen LogP contribution in [0.2, 0.25) is 0 Å². The molecular formula is C13H13N5O2. The van der Waals surface area contributed by atoms with Crippen molar-refractivity contribution < 1.29 is 9.59 Å². The number of carbonyl (C=O) groups excluding carboxylic acids is 2. The number of nitrogens with one attached hydrogen (secondary N) is 2. The van der Waals surface area contributed by atoms with E-state index in [0.29, 0.717) is 5.56 Å². The van der Waals surface area contributed by atoms with Crippen LogP contribution in [0.1, 0.15) is 22.0 Å². The summed E-state index contributed by atoms with van der Waals surface area (Å²) in [4.78, 5) is 22.8. The Bertz CT molecular complexity index is 707. The number of benzene rings is 1. The lowest BCUT2D eigenvalue weighted by Crippen LogP contribution is -2.23. The van der Waals surface area contributed by atoms with E-state index in [1.54, 1.807) is 17.9 Å². The van der Waals surface area contributed by atoms with Gasteiger partial charge in [0, 0.05) is 17.4 Å². The van der Waals surface area contributed by atoms with Crippen LogP contribution in [0.25, 0.3) is 5.69 Å². The molecule has 1 aromatic carbocycles. The maximum absolute atomic E-state index is 11.7. The fourth-order valence-electron chi connectivity index (χ4n) is 2.27. The van der Waals surface area contributed by atoms with Crippen LogP contribution in [0.15, 0.2) is 30.6 Å². The lowest BCUT2D eigenvalue weighted by Gasteiger charge is -2.07. The second-order valence-corrected chi connectivity index (χ2v) is 4.52. The molecule has 2 amide bonds. The Hall–Kier alpha value is -2.67. The third kappa shape index (κ3) is 1.84. The third-order valence-corrected chi connectivity index (χ3v) is 3.29. The molecule has 20 heavy (non-hydrogen) atoms. The minimum Gasteiger partial charge on any atom is -0.366 e. The number of fused-ring (bicyclic) bond motifs is 1. The summed E-state index contributed by atoms with van der Waals surface area (Å²) in [6, 6.07) is 5.16. The first-order chi connectivity index (χ1) is 9.60. The molecular weight excluding hydrogens is 258 g/mol. The van der Waals surface area contributed by atoms with Gasteiger partial charge in [0.25, 0.3) is 5.91 Å². The number of rotatable bonds is 3. The standard InChI is InChI=1S/C13H13N5O2/c1-15-11-9-3-2-8(4-10(9)17-13(11)20)18-6-7(5-16-18)12(14)19/h2-6,11,15H,1H3,(H2,14,19)(H,17,20). The van der Waals surface area contributed by atoms with Crippen molar-refractivity contribution in [3.05, 3.63) is 41.7 Å². The Morgan fingerprint density at radius 2 is 2.30 bits per heavy atom.